The van der Waals surface area contributed by atoms with E-state index in [4.69, 9.17) is 10.5 Å². The molecule has 5 nitrogen and oxygen atoms in total. The van der Waals surface area contributed by atoms with Crippen LogP contribution in [0.5, 0.6) is 5.75 Å². The fourth-order valence-electron chi connectivity index (χ4n) is 1.65. The average molecular weight is 296 g/mol. The molecule has 0 aromatic heterocycles. The molecule has 2 aromatic rings. The van der Waals surface area contributed by atoms with Gasteiger partial charge in [0.1, 0.15) is 16.5 Å². The molecule has 0 spiro atoms. The van der Waals surface area contributed by atoms with Crippen molar-refractivity contribution in [2.24, 2.45) is 0 Å². The number of halogens is 1. The van der Waals surface area contributed by atoms with Crippen LogP contribution < -0.4 is 15.2 Å². The Hall–Kier alpha value is -2.28. The predicted octanol–water partition coefficient (Wildman–Crippen LogP) is 2.22. The number of nitrogen functional groups attached to an aromatic ring is 1. The maximum Gasteiger partial charge on any atom is 0.264 e. The van der Waals surface area contributed by atoms with Crippen molar-refractivity contribution in [3.05, 3.63) is 48.3 Å². The van der Waals surface area contributed by atoms with Gasteiger partial charge < -0.3 is 10.5 Å². The molecule has 2 rings (SSSR count). The number of anilines is 2. The third-order valence-electron chi connectivity index (χ3n) is 2.61. The zero-order valence-corrected chi connectivity index (χ0v) is 11.4. The lowest BCUT2D eigenvalue weighted by atomic mass is 10.2. The predicted molar refractivity (Wildman–Crippen MR) is 74.6 cm³/mol. The molecule has 0 unspecified atom stereocenters. The Kier molecular flexibility index (Phi) is 3.80. The quantitative estimate of drug-likeness (QED) is 0.848. The second kappa shape index (κ2) is 5.38. The van der Waals surface area contributed by atoms with Gasteiger partial charge in [0.15, 0.2) is 0 Å². The monoisotopic (exact) mass is 296 g/mol. The molecule has 0 aliphatic rings. The van der Waals surface area contributed by atoms with Crippen molar-refractivity contribution in [2.45, 2.75) is 4.90 Å². The van der Waals surface area contributed by atoms with Gasteiger partial charge in [-0.05, 0) is 24.3 Å². The van der Waals surface area contributed by atoms with Crippen LogP contribution in [0, 0.1) is 5.82 Å². The van der Waals surface area contributed by atoms with Crippen LogP contribution in [-0.2, 0) is 10.0 Å². The van der Waals surface area contributed by atoms with Gasteiger partial charge in [0.25, 0.3) is 10.0 Å². The minimum Gasteiger partial charge on any atom is -0.495 e. The number of nitrogens with one attached hydrogen (secondary N) is 1. The molecule has 106 valence electrons. The van der Waals surface area contributed by atoms with Gasteiger partial charge in [-0.1, -0.05) is 12.1 Å². The first-order valence-electron chi connectivity index (χ1n) is 5.65. The Morgan fingerprint density at radius 3 is 2.55 bits per heavy atom. The van der Waals surface area contributed by atoms with Crippen molar-refractivity contribution in [1.82, 2.24) is 0 Å². The van der Waals surface area contributed by atoms with Crippen molar-refractivity contribution in [2.75, 3.05) is 17.6 Å². The molecule has 0 bridgehead atoms. The van der Waals surface area contributed by atoms with Crippen molar-refractivity contribution >= 4 is 21.4 Å². The molecule has 20 heavy (non-hydrogen) atoms. The Morgan fingerprint density at radius 1 is 1.20 bits per heavy atom. The molecule has 0 saturated carbocycles. The van der Waals surface area contributed by atoms with Crippen LogP contribution in [0.3, 0.4) is 0 Å². The van der Waals surface area contributed by atoms with E-state index in [1.165, 1.54) is 43.5 Å². The molecule has 0 aliphatic carbocycles. The van der Waals surface area contributed by atoms with Gasteiger partial charge in [-0.25, -0.2) is 12.8 Å². The summed E-state index contributed by atoms with van der Waals surface area (Å²) in [7, 11) is -2.59. The zero-order valence-electron chi connectivity index (χ0n) is 10.6. The summed E-state index contributed by atoms with van der Waals surface area (Å²) in [5.74, 6) is -0.485. The van der Waals surface area contributed by atoms with Crippen molar-refractivity contribution in [3.8, 4) is 5.75 Å². The lowest BCUT2D eigenvalue weighted by Gasteiger charge is -2.11. The Labute approximate surface area is 116 Å². The van der Waals surface area contributed by atoms with Crippen LogP contribution in [0.1, 0.15) is 0 Å². The number of rotatable bonds is 4. The minimum atomic E-state index is -4.00. The first-order chi connectivity index (χ1) is 9.44. The van der Waals surface area contributed by atoms with Gasteiger partial charge in [-0.3, -0.25) is 4.72 Å². The highest BCUT2D eigenvalue weighted by Crippen LogP contribution is 2.27. The lowest BCUT2D eigenvalue weighted by Crippen LogP contribution is -2.14. The van der Waals surface area contributed by atoms with E-state index in [9.17, 15) is 12.8 Å². The van der Waals surface area contributed by atoms with Crippen molar-refractivity contribution < 1.29 is 17.5 Å². The van der Waals surface area contributed by atoms with Crippen molar-refractivity contribution in [3.63, 3.8) is 0 Å². The highest BCUT2D eigenvalue weighted by Gasteiger charge is 2.18. The lowest BCUT2D eigenvalue weighted by molar-refractivity contribution is 0.417. The topological polar surface area (TPSA) is 81.4 Å². The third kappa shape index (κ3) is 2.83. The summed E-state index contributed by atoms with van der Waals surface area (Å²) in [6, 6.07) is 9.52. The molecule has 0 atom stereocenters. The van der Waals surface area contributed by atoms with E-state index in [0.717, 1.165) is 6.07 Å². The summed E-state index contributed by atoms with van der Waals surface area (Å²) in [5.41, 5.74) is 6.25. The Morgan fingerprint density at radius 2 is 1.90 bits per heavy atom. The zero-order chi connectivity index (χ0) is 14.8. The number of sulfonamides is 1. The summed E-state index contributed by atoms with van der Waals surface area (Å²) in [4.78, 5) is -0.421. The number of methoxy groups -OCH3 is 1. The molecular weight excluding hydrogens is 283 g/mol. The second-order valence-corrected chi connectivity index (χ2v) is 5.64. The van der Waals surface area contributed by atoms with E-state index in [1.807, 2.05) is 0 Å². The molecule has 2 aromatic carbocycles. The first kappa shape index (κ1) is 14.1. The van der Waals surface area contributed by atoms with E-state index < -0.39 is 20.7 Å². The van der Waals surface area contributed by atoms with E-state index in [0.29, 0.717) is 11.4 Å². The molecule has 0 amide bonds. The Balaban J connectivity index is 2.36. The van der Waals surface area contributed by atoms with E-state index in [1.54, 1.807) is 0 Å². The van der Waals surface area contributed by atoms with Gasteiger partial charge in [0.2, 0.25) is 0 Å². The fraction of sp³-hybridized carbons (Fsp3) is 0.0769. The molecule has 0 aliphatic heterocycles. The van der Waals surface area contributed by atoms with Gasteiger partial charge in [-0.2, -0.15) is 0 Å². The molecule has 0 heterocycles. The largest absolute Gasteiger partial charge is 0.495 e. The fourth-order valence-corrected chi connectivity index (χ4v) is 2.78. The van der Waals surface area contributed by atoms with Gasteiger partial charge in [0.05, 0.1) is 18.5 Å². The molecule has 0 radical (unpaired) electrons. The number of ether oxygens (including phenoxy) is 1. The molecule has 0 fully saturated rings. The van der Waals surface area contributed by atoms with Gasteiger partial charge in [0, 0.05) is 6.07 Å². The normalized spacial score (nSPS) is 11.1. The maximum atomic E-state index is 13.5. The molecule has 7 heteroatoms. The summed E-state index contributed by atoms with van der Waals surface area (Å²) in [5, 5.41) is 0. The molecular formula is C13H13FN2O3S. The number of nitrogens with two attached hydrogens (primary N) is 1. The summed E-state index contributed by atoms with van der Waals surface area (Å²) in [6.45, 7) is 0. The summed E-state index contributed by atoms with van der Waals surface area (Å²) < 4.78 is 45.0. The molecule has 0 saturated heterocycles. The van der Waals surface area contributed by atoms with Crippen LogP contribution in [0.4, 0.5) is 15.8 Å². The standard InChI is InChI=1S/C13H13FN2O3S/c1-19-12-8-9(6-7-11(12)15)16-20(17,18)13-5-3-2-4-10(13)14/h2-8,16H,15H2,1H3. The average Bonchev–Trinajstić information content (AvgIpc) is 2.41. The highest BCUT2D eigenvalue weighted by atomic mass is 32.2. The SMILES string of the molecule is COc1cc(NS(=O)(=O)c2ccccc2F)ccc1N. The van der Waals surface area contributed by atoms with Crippen molar-refractivity contribution in [1.29, 1.82) is 0 Å². The van der Waals surface area contributed by atoms with Crippen LogP contribution in [-0.4, -0.2) is 15.5 Å². The van der Waals surface area contributed by atoms with Crippen LogP contribution >= 0.6 is 0 Å². The first-order valence-corrected chi connectivity index (χ1v) is 7.13. The van der Waals surface area contributed by atoms with Crippen LogP contribution in [0.2, 0.25) is 0 Å². The summed E-state index contributed by atoms with van der Waals surface area (Å²) in [6.07, 6.45) is 0. The maximum absolute atomic E-state index is 13.5. The number of hydrogen-bond donors (Lipinski definition) is 2. The van der Waals surface area contributed by atoms with E-state index in [2.05, 4.69) is 4.72 Å². The van der Waals surface area contributed by atoms with Crippen LogP contribution in [0.15, 0.2) is 47.4 Å². The number of hydrogen-bond acceptors (Lipinski definition) is 4. The van der Waals surface area contributed by atoms with E-state index in [-0.39, 0.29) is 5.69 Å². The Bertz CT molecular complexity index is 732. The van der Waals surface area contributed by atoms with Gasteiger partial charge >= 0.3 is 0 Å². The number of benzene rings is 2. The molecule has 3 N–H and O–H groups in total. The minimum absolute atomic E-state index is 0.235. The smallest absolute Gasteiger partial charge is 0.264 e. The highest BCUT2D eigenvalue weighted by molar-refractivity contribution is 7.92. The second-order valence-electron chi connectivity index (χ2n) is 3.99. The van der Waals surface area contributed by atoms with Gasteiger partial charge in [-0.15, -0.1) is 0 Å². The van der Waals surface area contributed by atoms with Crippen LogP contribution in [0.25, 0.3) is 0 Å². The summed E-state index contributed by atoms with van der Waals surface area (Å²) >= 11 is 0. The third-order valence-corrected chi connectivity index (χ3v) is 4.03. The van der Waals surface area contributed by atoms with E-state index >= 15 is 0 Å².